The quantitative estimate of drug-likeness (QED) is 0.933. The molecule has 1 aromatic heterocycles. The van der Waals surface area contributed by atoms with E-state index in [0.29, 0.717) is 18.7 Å². The number of benzene rings is 1. The van der Waals surface area contributed by atoms with E-state index in [1.807, 2.05) is 25.1 Å². The Hall–Kier alpha value is -1.98. The number of hydrogen-bond acceptors (Lipinski definition) is 3. The van der Waals surface area contributed by atoms with Gasteiger partial charge < -0.3 is 4.90 Å². The molecule has 0 aliphatic carbocycles. The summed E-state index contributed by atoms with van der Waals surface area (Å²) in [5.74, 6) is -0.518. The highest BCUT2D eigenvalue weighted by molar-refractivity contribution is 6.31. The van der Waals surface area contributed by atoms with Crippen molar-refractivity contribution >= 4 is 23.2 Å². The first-order valence-corrected chi connectivity index (χ1v) is 7.87. The lowest BCUT2D eigenvalue weighted by molar-refractivity contribution is -0.119. The predicted molar refractivity (Wildman–Crippen MR) is 88.0 cm³/mol. The number of anilines is 1. The van der Waals surface area contributed by atoms with E-state index in [1.54, 1.807) is 17.2 Å². The number of carbonyl (C=O) groups excluding carboxylic acids is 1. The van der Waals surface area contributed by atoms with Gasteiger partial charge in [0.1, 0.15) is 5.82 Å². The molecule has 2 aromatic rings. The highest BCUT2D eigenvalue weighted by Crippen LogP contribution is 2.27. The summed E-state index contributed by atoms with van der Waals surface area (Å²) >= 11 is 5.80. The summed E-state index contributed by atoms with van der Waals surface area (Å²) in [6.45, 7) is 2.56. The van der Waals surface area contributed by atoms with E-state index in [-0.39, 0.29) is 23.0 Å². The number of nitrogens with one attached hydrogen (secondary N) is 1. The molecule has 0 bridgehead atoms. The van der Waals surface area contributed by atoms with Crippen LogP contribution in [0.5, 0.6) is 0 Å². The van der Waals surface area contributed by atoms with Crippen molar-refractivity contribution in [3.05, 3.63) is 59.1 Å². The van der Waals surface area contributed by atoms with Gasteiger partial charge in [-0.1, -0.05) is 17.7 Å². The number of amides is 1. The van der Waals surface area contributed by atoms with Gasteiger partial charge in [-0.15, -0.1) is 0 Å². The van der Waals surface area contributed by atoms with Gasteiger partial charge in [-0.2, -0.15) is 0 Å². The molecule has 0 saturated carbocycles. The summed E-state index contributed by atoms with van der Waals surface area (Å²) in [5.41, 5.74) is 1.51. The second-order valence-electron chi connectivity index (χ2n) is 5.57. The lowest BCUT2D eigenvalue weighted by atomic mass is 10.1. The Morgan fingerprint density at radius 3 is 2.91 bits per heavy atom. The van der Waals surface area contributed by atoms with E-state index < -0.39 is 5.82 Å². The largest absolute Gasteiger partial charge is 0.311 e. The molecule has 1 aromatic carbocycles. The third-order valence-electron chi connectivity index (χ3n) is 4.00. The van der Waals surface area contributed by atoms with E-state index in [1.165, 1.54) is 12.1 Å². The van der Waals surface area contributed by atoms with Crippen LogP contribution in [0, 0.1) is 5.82 Å². The maximum atomic E-state index is 13.3. The molecule has 1 aliphatic heterocycles. The first-order valence-electron chi connectivity index (χ1n) is 7.49. The van der Waals surface area contributed by atoms with E-state index >= 15 is 0 Å². The molecule has 1 saturated heterocycles. The second kappa shape index (κ2) is 6.64. The van der Waals surface area contributed by atoms with Crippen LogP contribution < -0.4 is 10.2 Å². The van der Waals surface area contributed by atoms with Crippen molar-refractivity contribution in [1.82, 2.24) is 10.3 Å². The van der Waals surface area contributed by atoms with Crippen LogP contribution in [-0.4, -0.2) is 23.5 Å². The van der Waals surface area contributed by atoms with Crippen LogP contribution in [0.25, 0.3) is 0 Å². The minimum Gasteiger partial charge on any atom is -0.311 e. The molecular formula is C17H17ClFN3O. The van der Waals surface area contributed by atoms with Gasteiger partial charge in [0.25, 0.3) is 0 Å². The maximum Gasteiger partial charge on any atom is 0.244 e. The predicted octanol–water partition coefficient (Wildman–Crippen LogP) is 3.33. The van der Waals surface area contributed by atoms with E-state index in [0.717, 1.165) is 5.69 Å². The smallest absolute Gasteiger partial charge is 0.244 e. The van der Waals surface area contributed by atoms with Crippen LogP contribution in [0.4, 0.5) is 10.1 Å². The summed E-state index contributed by atoms with van der Waals surface area (Å²) in [7, 11) is 0. The first kappa shape index (κ1) is 15.9. The number of nitrogens with zero attached hydrogens (tertiary/aromatic N) is 2. The van der Waals surface area contributed by atoms with Crippen molar-refractivity contribution < 1.29 is 9.18 Å². The van der Waals surface area contributed by atoms with Crippen molar-refractivity contribution in [3.63, 3.8) is 0 Å². The van der Waals surface area contributed by atoms with Gasteiger partial charge >= 0.3 is 0 Å². The zero-order valence-electron chi connectivity index (χ0n) is 12.7. The Labute approximate surface area is 139 Å². The van der Waals surface area contributed by atoms with Crippen LogP contribution in [0.1, 0.15) is 25.1 Å². The van der Waals surface area contributed by atoms with Gasteiger partial charge in [0, 0.05) is 24.5 Å². The molecule has 3 rings (SSSR count). The van der Waals surface area contributed by atoms with Gasteiger partial charge in [-0.3, -0.25) is 15.1 Å². The second-order valence-corrected chi connectivity index (χ2v) is 5.98. The highest BCUT2D eigenvalue weighted by Gasteiger charge is 2.33. The maximum absolute atomic E-state index is 13.3. The van der Waals surface area contributed by atoms with E-state index in [9.17, 15) is 9.18 Å². The number of carbonyl (C=O) groups is 1. The molecule has 0 spiro atoms. The van der Waals surface area contributed by atoms with Crippen molar-refractivity contribution in [1.29, 1.82) is 0 Å². The fraction of sp³-hybridized carbons (Fsp3) is 0.294. The molecular weight excluding hydrogens is 317 g/mol. The van der Waals surface area contributed by atoms with Crippen molar-refractivity contribution in [2.75, 3.05) is 11.4 Å². The molecule has 0 unspecified atom stereocenters. The van der Waals surface area contributed by atoms with Crippen LogP contribution in [0.3, 0.4) is 0 Å². The fourth-order valence-electron chi connectivity index (χ4n) is 2.76. The first-order chi connectivity index (χ1) is 11.1. The van der Waals surface area contributed by atoms with E-state index in [2.05, 4.69) is 10.3 Å². The lowest BCUT2D eigenvalue weighted by Crippen LogP contribution is -2.39. The van der Waals surface area contributed by atoms with Crippen LogP contribution in [0.15, 0.2) is 42.6 Å². The molecule has 120 valence electrons. The number of halogens is 2. The Morgan fingerprint density at radius 1 is 1.39 bits per heavy atom. The Balaban J connectivity index is 1.70. The van der Waals surface area contributed by atoms with Gasteiger partial charge in [-0.25, -0.2) is 4.39 Å². The summed E-state index contributed by atoms with van der Waals surface area (Å²) in [6.07, 6.45) is 2.42. The summed E-state index contributed by atoms with van der Waals surface area (Å²) in [6, 6.07) is 9.73. The van der Waals surface area contributed by atoms with E-state index in [4.69, 9.17) is 11.6 Å². The number of rotatable bonds is 4. The molecule has 1 N–H and O–H groups in total. The monoisotopic (exact) mass is 333 g/mol. The SMILES string of the molecule is C[C@@H](N[C@H]1CCN(c2ccc(F)c(Cl)c2)C1=O)c1ccccn1. The molecule has 1 amide bonds. The van der Waals surface area contributed by atoms with Crippen LogP contribution in [0.2, 0.25) is 5.02 Å². The molecule has 2 heterocycles. The molecule has 6 heteroatoms. The van der Waals surface area contributed by atoms with Crippen molar-refractivity contribution in [2.24, 2.45) is 0 Å². The minimum atomic E-state index is -0.486. The minimum absolute atomic E-state index is 0.0218. The Bertz CT molecular complexity index is 710. The molecule has 1 fully saturated rings. The summed E-state index contributed by atoms with van der Waals surface area (Å²) < 4.78 is 13.3. The zero-order valence-corrected chi connectivity index (χ0v) is 13.4. The molecule has 2 atom stereocenters. The fourth-order valence-corrected chi connectivity index (χ4v) is 2.94. The summed E-state index contributed by atoms with van der Waals surface area (Å²) in [4.78, 5) is 18.5. The topological polar surface area (TPSA) is 45.2 Å². The molecule has 0 radical (unpaired) electrons. The summed E-state index contributed by atoms with van der Waals surface area (Å²) in [5, 5.41) is 3.33. The molecule has 23 heavy (non-hydrogen) atoms. The Morgan fingerprint density at radius 2 is 2.22 bits per heavy atom. The number of aromatic nitrogens is 1. The van der Waals surface area contributed by atoms with Gasteiger partial charge in [0.2, 0.25) is 5.91 Å². The molecule has 4 nitrogen and oxygen atoms in total. The Kier molecular flexibility index (Phi) is 4.59. The third-order valence-corrected chi connectivity index (χ3v) is 4.29. The lowest BCUT2D eigenvalue weighted by Gasteiger charge is -2.20. The number of hydrogen-bond donors (Lipinski definition) is 1. The van der Waals surface area contributed by atoms with Gasteiger partial charge in [0.05, 0.1) is 16.8 Å². The zero-order chi connectivity index (χ0) is 16.4. The third kappa shape index (κ3) is 3.35. The average Bonchev–Trinajstić information content (AvgIpc) is 2.92. The van der Waals surface area contributed by atoms with Crippen molar-refractivity contribution in [2.45, 2.75) is 25.4 Å². The van der Waals surface area contributed by atoms with Crippen LogP contribution >= 0.6 is 11.6 Å². The highest BCUT2D eigenvalue weighted by atomic mass is 35.5. The van der Waals surface area contributed by atoms with Crippen LogP contribution in [-0.2, 0) is 4.79 Å². The van der Waals surface area contributed by atoms with Gasteiger partial charge in [0.15, 0.2) is 0 Å². The standard InChI is InChI=1S/C17H17ClFN3O/c1-11(15-4-2-3-8-20-15)21-16-7-9-22(17(16)23)12-5-6-14(19)13(18)10-12/h2-6,8,10-11,16,21H,7,9H2,1H3/t11-,16+/m1/s1. The average molecular weight is 334 g/mol. The molecule has 1 aliphatic rings. The van der Waals surface area contributed by atoms with Gasteiger partial charge in [-0.05, 0) is 43.7 Å². The number of pyridine rings is 1. The van der Waals surface area contributed by atoms with Crippen molar-refractivity contribution in [3.8, 4) is 0 Å². The normalized spacial score (nSPS) is 19.2.